The summed E-state index contributed by atoms with van der Waals surface area (Å²) >= 11 is 0. The summed E-state index contributed by atoms with van der Waals surface area (Å²) in [5.74, 6) is -0.793. The molecule has 8 heteroatoms. The van der Waals surface area contributed by atoms with Crippen molar-refractivity contribution >= 4 is 11.7 Å². The lowest BCUT2D eigenvalue weighted by atomic mass is 10.1. The Balaban J connectivity index is 2.51. The maximum Gasteiger partial charge on any atom is 0.361 e. The highest BCUT2D eigenvalue weighted by atomic mass is 16.6. The van der Waals surface area contributed by atoms with Crippen molar-refractivity contribution < 1.29 is 19.0 Å². The quantitative estimate of drug-likeness (QED) is 0.480. The number of rotatable bonds is 4. The minimum absolute atomic E-state index is 0.00995. The molecule has 0 aliphatic heterocycles. The van der Waals surface area contributed by atoms with E-state index >= 15 is 0 Å². The van der Waals surface area contributed by atoms with E-state index in [4.69, 9.17) is 14.5 Å². The molecular weight excluding hydrogens is 278 g/mol. The molecule has 1 heterocycles. The van der Waals surface area contributed by atoms with Gasteiger partial charge in [-0.2, -0.15) is 5.26 Å². The molecule has 21 heavy (non-hydrogen) atoms. The fourth-order valence-corrected chi connectivity index (χ4v) is 1.69. The number of ether oxygens (including phenoxy) is 1. The van der Waals surface area contributed by atoms with Crippen LogP contribution in [-0.4, -0.2) is 22.7 Å². The smallest absolute Gasteiger partial charge is 0.361 e. The van der Waals surface area contributed by atoms with E-state index in [9.17, 15) is 14.9 Å². The van der Waals surface area contributed by atoms with Crippen LogP contribution in [0.25, 0.3) is 11.3 Å². The molecule has 0 spiro atoms. The van der Waals surface area contributed by atoms with Gasteiger partial charge in [-0.25, -0.2) is 4.79 Å². The second-order valence-electron chi connectivity index (χ2n) is 3.88. The number of hydrogen-bond acceptors (Lipinski definition) is 7. The van der Waals surface area contributed by atoms with Crippen molar-refractivity contribution in [2.24, 2.45) is 0 Å². The first-order chi connectivity index (χ1) is 10.1. The molecule has 0 saturated heterocycles. The molecule has 8 nitrogen and oxygen atoms in total. The van der Waals surface area contributed by atoms with Gasteiger partial charge in [0, 0.05) is 17.7 Å². The average molecular weight is 287 g/mol. The number of non-ortho nitro benzene ring substituents is 1. The predicted octanol–water partition coefficient (Wildman–Crippen LogP) is 2.30. The molecule has 1 aromatic heterocycles. The maximum atomic E-state index is 11.6. The molecule has 0 radical (unpaired) electrons. The van der Waals surface area contributed by atoms with E-state index in [1.54, 1.807) is 13.0 Å². The van der Waals surface area contributed by atoms with Gasteiger partial charge in [0.1, 0.15) is 11.6 Å². The summed E-state index contributed by atoms with van der Waals surface area (Å²) in [6.45, 7) is 1.74. The van der Waals surface area contributed by atoms with Crippen molar-refractivity contribution in [1.82, 2.24) is 5.16 Å². The fraction of sp³-hybridized carbons (Fsp3) is 0.154. The summed E-state index contributed by atoms with van der Waals surface area (Å²) < 4.78 is 9.74. The van der Waals surface area contributed by atoms with Crippen molar-refractivity contribution in [3.05, 3.63) is 45.6 Å². The highest BCUT2D eigenvalue weighted by molar-refractivity contribution is 5.92. The van der Waals surface area contributed by atoms with Gasteiger partial charge in [0.25, 0.3) is 5.69 Å². The molecule has 0 saturated carbocycles. The van der Waals surface area contributed by atoms with Gasteiger partial charge in [0.15, 0.2) is 5.76 Å². The van der Waals surface area contributed by atoms with Gasteiger partial charge in [-0.1, -0.05) is 17.3 Å². The second kappa shape index (κ2) is 5.83. The van der Waals surface area contributed by atoms with Crippen LogP contribution in [0.1, 0.15) is 23.0 Å². The van der Waals surface area contributed by atoms with E-state index in [1.165, 1.54) is 24.3 Å². The van der Waals surface area contributed by atoms with Crippen LogP contribution in [-0.2, 0) is 4.74 Å². The van der Waals surface area contributed by atoms with Crippen LogP contribution in [0.5, 0.6) is 0 Å². The van der Waals surface area contributed by atoms with Gasteiger partial charge in [0.2, 0.25) is 5.69 Å². The zero-order valence-corrected chi connectivity index (χ0v) is 10.9. The summed E-state index contributed by atoms with van der Waals surface area (Å²) in [5, 5.41) is 23.4. The number of nitrogens with zero attached hydrogens (tertiary/aromatic N) is 3. The van der Waals surface area contributed by atoms with Gasteiger partial charge >= 0.3 is 5.97 Å². The van der Waals surface area contributed by atoms with E-state index in [2.05, 4.69) is 5.16 Å². The third-order valence-electron chi connectivity index (χ3n) is 2.59. The lowest BCUT2D eigenvalue weighted by Gasteiger charge is -1.98. The molecule has 0 fully saturated rings. The number of nitro groups is 1. The summed E-state index contributed by atoms with van der Waals surface area (Å²) in [5.41, 5.74) is -0.246. The Morgan fingerprint density at radius 1 is 1.57 bits per heavy atom. The van der Waals surface area contributed by atoms with E-state index in [0.29, 0.717) is 0 Å². The molecule has 2 rings (SSSR count). The number of esters is 1. The highest BCUT2D eigenvalue weighted by Crippen LogP contribution is 2.28. The number of aromatic nitrogens is 1. The standard InChI is InChI=1S/C13H9N3O5/c1-2-20-13(17)11-10(7-14)12(21-15-11)8-4-3-5-9(6-8)16(18)19/h3-6H,2H2,1H3. The first-order valence-electron chi connectivity index (χ1n) is 5.90. The van der Waals surface area contributed by atoms with Crippen LogP contribution < -0.4 is 0 Å². The van der Waals surface area contributed by atoms with E-state index in [0.717, 1.165) is 0 Å². The number of carbonyl (C=O) groups excluding carboxylic acids is 1. The Labute approximate surface area is 118 Å². The second-order valence-corrected chi connectivity index (χ2v) is 3.88. The minimum atomic E-state index is -0.783. The van der Waals surface area contributed by atoms with Crippen molar-refractivity contribution in [3.63, 3.8) is 0 Å². The monoisotopic (exact) mass is 287 g/mol. The van der Waals surface area contributed by atoms with Gasteiger partial charge in [0.05, 0.1) is 11.5 Å². The van der Waals surface area contributed by atoms with Crippen molar-refractivity contribution in [2.75, 3.05) is 6.61 Å². The SMILES string of the molecule is CCOC(=O)c1noc(-c2cccc([N+](=O)[O-])c2)c1C#N. The molecular formula is C13H9N3O5. The van der Waals surface area contributed by atoms with Crippen LogP contribution in [0, 0.1) is 21.4 Å². The first-order valence-corrected chi connectivity index (χ1v) is 5.90. The zero-order chi connectivity index (χ0) is 15.4. The number of carbonyl (C=O) groups is 1. The largest absolute Gasteiger partial charge is 0.461 e. The maximum absolute atomic E-state index is 11.6. The molecule has 0 bridgehead atoms. The number of nitro benzene ring substituents is 1. The lowest BCUT2D eigenvalue weighted by molar-refractivity contribution is -0.384. The molecule has 0 aliphatic carbocycles. The van der Waals surface area contributed by atoms with Crippen LogP contribution >= 0.6 is 0 Å². The summed E-state index contributed by atoms with van der Waals surface area (Å²) in [7, 11) is 0. The molecule has 106 valence electrons. The number of hydrogen-bond donors (Lipinski definition) is 0. The molecule has 0 unspecified atom stereocenters. The van der Waals surface area contributed by atoms with E-state index in [-0.39, 0.29) is 34.9 Å². The minimum Gasteiger partial charge on any atom is -0.461 e. The Morgan fingerprint density at radius 2 is 2.33 bits per heavy atom. The Hall–Kier alpha value is -3.21. The first kappa shape index (κ1) is 14.2. The normalized spacial score (nSPS) is 9.90. The van der Waals surface area contributed by atoms with Crippen LogP contribution in [0.15, 0.2) is 28.8 Å². The number of nitriles is 1. The Bertz CT molecular complexity index is 745. The lowest BCUT2D eigenvalue weighted by Crippen LogP contribution is -2.06. The zero-order valence-electron chi connectivity index (χ0n) is 10.9. The summed E-state index contributed by atoms with van der Waals surface area (Å²) in [6, 6.07) is 7.30. The van der Waals surface area contributed by atoms with Gasteiger partial charge < -0.3 is 9.26 Å². The topological polar surface area (TPSA) is 119 Å². The summed E-state index contributed by atoms with van der Waals surface area (Å²) in [6.07, 6.45) is 0. The molecule has 2 aromatic rings. The molecule has 0 N–H and O–H groups in total. The van der Waals surface area contributed by atoms with Crippen LogP contribution in [0.4, 0.5) is 5.69 Å². The third-order valence-corrected chi connectivity index (χ3v) is 2.59. The van der Waals surface area contributed by atoms with Crippen molar-refractivity contribution in [3.8, 4) is 17.4 Å². The molecule has 0 amide bonds. The van der Waals surface area contributed by atoms with E-state index in [1.807, 2.05) is 0 Å². The Morgan fingerprint density at radius 3 is 2.95 bits per heavy atom. The molecule has 0 atom stereocenters. The third kappa shape index (κ3) is 2.71. The highest BCUT2D eigenvalue weighted by Gasteiger charge is 2.24. The fourth-order valence-electron chi connectivity index (χ4n) is 1.69. The predicted molar refractivity (Wildman–Crippen MR) is 69.3 cm³/mol. The molecule has 0 aliphatic rings. The van der Waals surface area contributed by atoms with Crippen LogP contribution in [0.3, 0.4) is 0 Å². The molecule has 1 aromatic carbocycles. The van der Waals surface area contributed by atoms with Gasteiger partial charge in [-0.3, -0.25) is 10.1 Å². The number of benzene rings is 1. The van der Waals surface area contributed by atoms with Gasteiger partial charge in [-0.15, -0.1) is 0 Å². The van der Waals surface area contributed by atoms with Crippen molar-refractivity contribution in [1.29, 1.82) is 5.26 Å². The Kier molecular flexibility index (Phi) is 3.95. The van der Waals surface area contributed by atoms with Crippen LogP contribution in [0.2, 0.25) is 0 Å². The van der Waals surface area contributed by atoms with E-state index < -0.39 is 10.9 Å². The van der Waals surface area contributed by atoms with Gasteiger partial charge in [-0.05, 0) is 6.92 Å². The average Bonchev–Trinajstić information content (AvgIpc) is 2.91. The van der Waals surface area contributed by atoms with Crippen molar-refractivity contribution in [2.45, 2.75) is 6.92 Å². The summed E-state index contributed by atoms with van der Waals surface area (Å²) in [4.78, 5) is 21.8.